The second-order valence-corrected chi connectivity index (χ2v) is 5.88. The van der Waals surface area contributed by atoms with Crippen molar-refractivity contribution >= 4 is 39.0 Å². The SMILES string of the molecule is CSCC(CO)c1ccc(Br)s1. The van der Waals surface area contributed by atoms with Gasteiger partial charge in [0.1, 0.15) is 0 Å². The first kappa shape index (κ1) is 10.6. The maximum atomic E-state index is 9.10. The fraction of sp³-hybridized carbons (Fsp3) is 0.500. The van der Waals surface area contributed by atoms with Crippen LogP contribution in [0.25, 0.3) is 0 Å². The Hall–Kier alpha value is 0.490. The van der Waals surface area contributed by atoms with Crippen molar-refractivity contribution in [2.45, 2.75) is 5.92 Å². The Morgan fingerprint density at radius 3 is 2.83 bits per heavy atom. The largest absolute Gasteiger partial charge is 0.396 e. The number of hydrogen-bond acceptors (Lipinski definition) is 3. The molecule has 0 saturated carbocycles. The van der Waals surface area contributed by atoms with E-state index in [0.29, 0.717) is 5.92 Å². The van der Waals surface area contributed by atoms with Crippen LogP contribution < -0.4 is 0 Å². The Labute approximate surface area is 89.3 Å². The van der Waals surface area contributed by atoms with Gasteiger partial charge in [-0.05, 0) is 34.3 Å². The summed E-state index contributed by atoms with van der Waals surface area (Å²) in [5.74, 6) is 1.29. The molecule has 0 spiro atoms. The molecule has 0 saturated heterocycles. The Kier molecular flexibility index (Phi) is 4.64. The lowest BCUT2D eigenvalue weighted by Gasteiger charge is -2.09. The fourth-order valence-electron chi connectivity index (χ4n) is 0.974. The minimum Gasteiger partial charge on any atom is -0.396 e. The zero-order chi connectivity index (χ0) is 8.97. The van der Waals surface area contributed by atoms with Gasteiger partial charge in [-0.3, -0.25) is 0 Å². The molecule has 0 radical (unpaired) electrons. The van der Waals surface area contributed by atoms with Crippen molar-refractivity contribution in [1.29, 1.82) is 0 Å². The summed E-state index contributed by atoms with van der Waals surface area (Å²) in [5, 5.41) is 9.10. The first-order chi connectivity index (χ1) is 5.77. The highest BCUT2D eigenvalue weighted by Gasteiger charge is 2.11. The summed E-state index contributed by atoms with van der Waals surface area (Å²) in [6.45, 7) is 0.244. The molecular weight excluding hydrogens is 256 g/mol. The number of thioether (sulfide) groups is 1. The molecule has 0 aliphatic heterocycles. The minimum atomic E-state index is 0.244. The third-order valence-corrected chi connectivity index (χ3v) is 4.11. The normalized spacial score (nSPS) is 13.2. The van der Waals surface area contributed by atoms with Gasteiger partial charge in [-0.25, -0.2) is 0 Å². The van der Waals surface area contributed by atoms with Gasteiger partial charge in [0.05, 0.1) is 10.4 Å². The molecule has 1 N–H and O–H groups in total. The standard InChI is InChI=1S/C8H11BrOS2/c1-11-5-6(4-10)7-2-3-8(9)12-7/h2-3,6,10H,4-5H2,1H3. The zero-order valence-corrected chi connectivity index (χ0v) is 10.0. The average Bonchev–Trinajstić information content (AvgIpc) is 2.47. The molecule has 1 aromatic rings. The van der Waals surface area contributed by atoms with E-state index in [-0.39, 0.29) is 6.61 Å². The quantitative estimate of drug-likeness (QED) is 0.905. The third kappa shape index (κ3) is 2.76. The summed E-state index contributed by atoms with van der Waals surface area (Å²) < 4.78 is 1.14. The summed E-state index contributed by atoms with van der Waals surface area (Å²) in [7, 11) is 0. The number of hydrogen-bond donors (Lipinski definition) is 1. The second-order valence-electron chi connectivity index (χ2n) is 2.48. The van der Waals surface area contributed by atoms with Gasteiger partial charge in [0.2, 0.25) is 0 Å². The van der Waals surface area contributed by atoms with Gasteiger partial charge >= 0.3 is 0 Å². The van der Waals surface area contributed by atoms with Gasteiger partial charge in [-0.15, -0.1) is 11.3 Å². The van der Waals surface area contributed by atoms with Gasteiger partial charge in [0.25, 0.3) is 0 Å². The van der Waals surface area contributed by atoms with Crippen LogP contribution in [0.1, 0.15) is 10.8 Å². The highest BCUT2D eigenvalue weighted by molar-refractivity contribution is 9.11. The van der Waals surface area contributed by atoms with E-state index in [1.807, 2.05) is 6.07 Å². The predicted octanol–water partition coefficient (Wildman–Crippen LogP) is 2.95. The lowest BCUT2D eigenvalue weighted by atomic mass is 10.1. The van der Waals surface area contributed by atoms with Crippen molar-refractivity contribution in [3.8, 4) is 0 Å². The van der Waals surface area contributed by atoms with E-state index >= 15 is 0 Å². The van der Waals surface area contributed by atoms with E-state index in [1.54, 1.807) is 23.1 Å². The number of halogens is 1. The summed E-state index contributed by atoms with van der Waals surface area (Å²) in [5.41, 5.74) is 0. The van der Waals surface area contributed by atoms with Gasteiger partial charge in [-0.1, -0.05) is 0 Å². The molecule has 0 aromatic carbocycles. The Morgan fingerprint density at radius 1 is 1.67 bits per heavy atom. The Balaban J connectivity index is 2.66. The van der Waals surface area contributed by atoms with Gasteiger partial charge in [0, 0.05) is 16.5 Å². The van der Waals surface area contributed by atoms with Crippen LogP contribution in [-0.2, 0) is 0 Å². The molecule has 1 nitrogen and oxygen atoms in total. The minimum absolute atomic E-state index is 0.244. The Morgan fingerprint density at radius 2 is 2.42 bits per heavy atom. The molecule has 0 aliphatic rings. The van der Waals surface area contributed by atoms with Crippen molar-refractivity contribution < 1.29 is 5.11 Å². The van der Waals surface area contributed by atoms with Crippen LogP contribution in [0.15, 0.2) is 15.9 Å². The molecule has 1 rings (SSSR count). The molecule has 1 aromatic heterocycles. The van der Waals surface area contributed by atoms with E-state index in [9.17, 15) is 0 Å². The van der Waals surface area contributed by atoms with Crippen molar-refractivity contribution in [2.24, 2.45) is 0 Å². The number of aliphatic hydroxyl groups is 1. The predicted molar refractivity (Wildman–Crippen MR) is 60.2 cm³/mol. The summed E-state index contributed by atoms with van der Waals surface area (Å²) in [4.78, 5) is 1.26. The average molecular weight is 267 g/mol. The lowest BCUT2D eigenvalue weighted by Crippen LogP contribution is -2.04. The monoisotopic (exact) mass is 266 g/mol. The maximum absolute atomic E-state index is 9.10. The van der Waals surface area contributed by atoms with Crippen molar-refractivity contribution in [1.82, 2.24) is 0 Å². The lowest BCUT2D eigenvalue weighted by molar-refractivity contribution is 0.276. The van der Waals surface area contributed by atoms with Crippen LogP contribution in [0.3, 0.4) is 0 Å². The molecule has 68 valence electrons. The molecule has 1 unspecified atom stereocenters. The first-order valence-corrected chi connectivity index (χ1v) is 6.63. The van der Waals surface area contributed by atoms with Crippen LogP contribution in [0, 0.1) is 0 Å². The molecule has 1 atom stereocenters. The molecule has 0 aliphatic carbocycles. The highest BCUT2D eigenvalue weighted by Crippen LogP contribution is 2.29. The topological polar surface area (TPSA) is 20.2 Å². The highest BCUT2D eigenvalue weighted by atomic mass is 79.9. The van der Waals surface area contributed by atoms with Crippen LogP contribution in [0.2, 0.25) is 0 Å². The summed E-state index contributed by atoms with van der Waals surface area (Å²) >= 11 is 6.88. The fourth-order valence-corrected chi connectivity index (χ4v) is 3.28. The van der Waals surface area contributed by atoms with Crippen LogP contribution in [0.5, 0.6) is 0 Å². The molecule has 0 bridgehead atoms. The maximum Gasteiger partial charge on any atom is 0.0701 e. The molecular formula is C8H11BrOS2. The van der Waals surface area contributed by atoms with Gasteiger partial charge in [-0.2, -0.15) is 11.8 Å². The van der Waals surface area contributed by atoms with E-state index < -0.39 is 0 Å². The Bertz CT molecular complexity index is 237. The van der Waals surface area contributed by atoms with Gasteiger partial charge in [0.15, 0.2) is 0 Å². The third-order valence-electron chi connectivity index (χ3n) is 1.58. The zero-order valence-electron chi connectivity index (χ0n) is 6.79. The number of aliphatic hydroxyl groups excluding tert-OH is 1. The second kappa shape index (κ2) is 5.27. The van der Waals surface area contributed by atoms with Crippen molar-refractivity contribution in [3.05, 3.63) is 20.8 Å². The summed E-state index contributed by atoms with van der Waals surface area (Å²) in [6.07, 6.45) is 2.06. The smallest absolute Gasteiger partial charge is 0.0701 e. The molecule has 4 heteroatoms. The molecule has 0 amide bonds. The molecule has 12 heavy (non-hydrogen) atoms. The van der Waals surface area contributed by atoms with Crippen LogP contribution in [-0.4, -0.2) is 23.7 Å². The number of thiophene rings is 1. The van der Waals surface area contributed by atoms with E-state index in [4.69, 9.17) is 5.11 Å². The summed E-state index contributed by atoms with van der Waals surface area (Å²) in [6, 6.07) is 4.11. The van der Waals surface area contributed by atoms with Crippen LogP contribution in [0.4, 0.5) is 0 Å². The van der Waals surface area contributed by atoms with Crippen molar-refractivity contribution in [3.63, 3.8) is 0 Å². The molecule has 1 heterocycles. The number of rotatable bonds is 4. The van der Waals surface area contributed by atoms with Crippen LogP contribution >= 0.6 is 39.0 Å². The van der Waals surface area contributed by atoms with Crippen molar-refractivity contribution in [2.75, 3.05) is 18.6 Å². The van der Waals surface area contributed by atoms with Gasteiger partial charge < -0.3 is 5.11 Å². The van der Waals surface area contributed by atoms with E-state index in [2.05, 4.69) is 28.3 Å². The van der Waals surface area contributed by atoms with E-state index in [0.717, 1.165) is 9.54 Å². The molecule has 0 fully saturated rings. The van der Waals surface area contributed by atoms with E-state index in [1.165, 1.54) is 4.88 Å². The first-order valence-electron chi connectivity index (χ1n) is 3.63.